The van der Waals surface area contributed by atoms with Crippen LogP contribution in [0.25, 0.3) is 0 Å². The largest absolute Gasteiger partial charge is 0.378 e. The minimum Gasteiger partial charge on any atom is -0.378 e. The van der Waals surface area contributed by atoms with Gasteiger partial charge in [-0.1, -0.05) is 6.92 Å². The molecule has 1 N–H and O–H groups in total. The smallest absolute Gasteiger partial charge is 0.111 e. The molecule has 12 heavy (non-hydrogen) atoms. The summed E-state index contributed by atoms with van der Waals surface area (Å²) in [4.78, 5) is 0. The Hall–Kier alpha value is -0.590. The van der Waals surface area contributed by atoms with Crippen molar-refractivity contribution in [2.24, 2.45) is 0 Å². The third kappa shape index (κ3) is 1.77. The Morgan fingerprint density at radius 3 is 3.00 bits per heavy atom. The quantitative estimate of drug-likeness (QED) is 0.670. The highest BCUT2D eigenvalue weighted by molar-refractivity contribution is 5.08. The second-order valence-corrected chi connectivity index (χ2v) is 3.30. The lowest BCUT2D eigenvalue weighted by Gasteiger charge is -2.35. The maximum atomic E-state index is 8.99. The number of nitrogens with zero attached hydrogens (tertiary/aromatic N) is 1. The molecule has 1 aliphatic rings. The van der Waals surface area contributed by atoms with Gasteiger partial charge in [0, 0.05) is 19.4 Å². The molecule has 0 radical (unpaired) electrons. The van der Waals surface area contributed by atoms with Gasteiger partial charge in [-0.2, -0.15) is 5.26 Å². The van der Waals surface area contributed by atoms with Crippen LogP contribution in [0.4, 0.5) is 0 Å². The van der Waals surface area contributed by atoms with Gasteiger partial charge in [-0.15, -0.1) is 0 Å². The SMILES string of the molecule is CCC1CC(C#N)(NC)CCO1. The molecule has 1 fully saturated rings. The predicted octanol–water partition coefficient (Wildman–Crippen LogP) is 1.06. The molecule has 0 aliphatic carbocycles. The van der Waals surface area contributed by atoms with Gasteiger partial charge >= 0.3 is 0 Å². The van der Waals surface area contributed by atoms with Gasteiger partial charge in [0.05, 0.1) is 12.2 Å². The van der Waals surface area contributed by atoms with Gasteiger partial charge in [-0.05, 0) is 13.5 Å². The van der Waals surface area contributed by atoms with Crippen LogP contribution in [-0.2, 0) is 4.74 Å². The van der Waals surface area contributed by atoms with E-state index in [1.807, 2.05) is 7.05 Å². The van der Waals surface area contributed by atoms with Crippen molar-refractivity contribution >= 4 is 0 Å². The Morgan fingerprint density at radius 2 is 2.50 bits per heavy atom. The van der Waals surface area contributed by atoms with Gasteiger partial charge in [0.15, 0.2) is 0 Å². The average Bonchev–Trinajstić information content (AvgIpc) is 2.18. The Balaban J connectivity index is 2.60. The lowest BCUT2D eigenvalue weighted by molar-refractivity contribution is -0.0141. The third-order valence-corrected chi connectivity index (χ3v) is 2.61. The van der Waals surface area contributed by atoms with Crippen LogP contribution in [0.2, 0.25) is 0 Å². The van der Waals surface area contributed by atoms with Gasteiger partial charge < -0.3 is 10.1 Å². The second-order valence-electron chi connectivity index (χ2n) is 3.30. The fourth-order valence-corrected chi connectivity index (χ4v) is 1.60. The second kappa shape index (κ2) is 3.88. The molecule has 68 valence electrons. The van der Waals surface area contributed by atoms with Crippen LogP contribution in [0.5, 0.6) is 0 Å². The molecular formula is C9H16N2O. The van der Waals surface area contributed by atoms with E-state index < -0.39 is 0 Å². The molecule has 0 bridgehead atoms. The highest BCUT2D eigenvalue weighted by atomic mass is 16.5. The topological polar surface area (TPSA) is 45.0 Å². The third-order valence-electron chi connectivity index (χ3n) is 2.61. The summed E-state index contributed by atoms with van der Waals surface area (Å²) in [5.74, 6) is 0. The Morgan fingerprint density at radius 1 is 1.75 bits per heavy atom. The molecule has 1 saturated heterocycles. The first kappa shape index (κ1) is 9.50. The van der Waals surface area contributed by atoms with E-state index in [1.54, 1.807) is 0 Å². The van der Waals surface area contributed by atoms with Crippen molar-refractivity contribution in [3.8, 4) is 6.07 Å². The van der Waals surface area contributed by atoms with Crippen molar-refractivity contribution in [1.82, 2.24) is 5.32 Å². The van der Waals surface area contributed by atoms with E-state index in [4.69, 9.17) is 10.00 Å². The van der Waals surface area contributed by atoms with Crippen molar-refractivity contribution in [1.29, 1.82) is 5.26 Å². The molecule has 0 aromatic heterocycles. The van der Waals surface area contributed by atoms with Crippen molar-refractivity contribution in [3.63, 3.8) is 0 Å². The minimum absolute atomic E-state index is 0.255. The fourth-order valence-electron chi connectivity index (χ4n) is 1.60. The maximum Gasteiger partial charge on any atom is 0.111 e. The summed E-state index contributed by atoms with van der Waals surface area (Å²) >= 11 is 0. The van der Waals surface area contributed by atoms with Crippen LogP contribution in [0.3, 0.4) is 0 Å². The summed E-state index contributed by atoms with van der Waals surface area (Å²) in [7, 11) is 1.85. The van der Waals surface area contributed by atoms with Crippen LogP contribution in [0.1, 0.15) is 26.2 Å². The average molecular weight is 168 g/mol. The Kier molecular flexibility index (Phi) is 3.07. The number of ether oxygens (including phenoxy) is 1. The minimum atomic E-state index is -0.334. The van der Waals surface area contributed by atoms with Gasteiger partial charge in [0.1, 0.15) is 5.54 Å². The monoisotopic (exact) mass is 168 g/mol. The summed E-state index contributed by atoms with van der Waals surface area (Å²) in [5.41, 5.74) is -0.334. The first-order valence-corrected chi connectivity index (χ1v) is 4.48. The molecule has 2 unspecified atom stereocenters. The van der Waals surface area contributed by atoms with E-state index in [9.17, 15) is 0 Å². The molecule has 2 atom stereocenters. The molecule has 1 rings (SSSR count). The van der Waals surface area contributed by atoms with Gasteiger partial charge in [0.25, 0.3) is 0 Å². The molecule has 1 heterocycles. The predicted molar refractivity (Wildman–Crippen MR) is 46.7 cm³/mol. The molecular weight excluding hydrogens is 152 g/mol. The number of rotatable bonds is 2. The molecule has 0 aromatic carbocycles. The highest BCUT2D eigenvalue weighted by Crippen LogP contribution is 2.25. The number of nitriles is 1. The lowest BCUT2D eigenvalue weighted by Crippen LogP contribution is -2.49. The summed E-state index contributed by atoms with van der Waals surface area (Å²) in [6, 6.07) is 2.34. The molecule has 0 aromatic rings. The molecule has 1 aliphatic heterocycles. The Bertz CT molecular complexity index is 187. The highest BCUT2D eigenvalue weighted by Gasteiger charge is 2.34. The Labute approximate surface area is 73.7 Å². The summed E-state index contributed by atoms with van der Waals surface area (Å²) < 4.78 is 5.49. The summed E-state index contributed by atoms with van der Waals surface area (Å²) in [5, 5.41) is 12.1. The lowest BCUT2D eigenvalue weighted by atomic mass is 9.87. The van der Waals surface area contributed by atoms with E-state index in [-0.39, 0.29) is 11.6 Å². The van der Waals surface area contributed by atoms with Gasteiger partial charge in [0.2, 0.25) is 0 Å². The molecule has 0 saturated carbocycles. The molecule has 3 heteroatoms. The van der Waals surface area contributed by atoms with Gasteiger partial charge in [-0.3, -0.25) is 0 Å². The standard InChI is InChI=1S/C9H16N2O/c1-3-8-6-9(7-10,11-2)4-5-12-8/h8,11H,3-6H2,1-2H3. The summed E-state index contributed by atoms with van der Waals surface area (Å²) in [6.45, 7) is 2.79. The van der Waals surface area contributed by atoms with Crippen molar-refractivity contribution < 1.29 is 4.74 Å². The van der Waals surface area contributed by atoms with E-state index in [0.29, 0.717) is 6.61 Å². The van der Waals surface area contributed by atoms with Crippen LogP contribution in [0.15, 0.2) is 0 Å². The van der Waals surface area contributed by atoms with Crippen LogP contribution in [0, 0.1) is 11.3 Å². The summed E-state index contributed by atoms with van der Waals surface area (Å²) in [6.07, 6.45) is 2.86. The van der Waals surface area contributed by atoms with Gasteiger partial charge in [-0.25, -0.2) is 0 Å². The van der Waals surface area contributed by atoms with Crippen molar-refractivity contribution in [2.45, 2.75) is 37.8 Å². The molecule has 0 spiro atoms. The zero-order valence-corrected chi connectivity index (χ0v) is 7.76. The fraction of sp³-hybridized carbons (Fsp3) is 0.889. The maximum absolute atomic E-state index is 8.99. The van der Waals surface area contributed by atoms with Crippen molar-refractivity contribution in [3.05, 3.63) is 0 Å². The number of hydrogen-bond acceptors (Lipinski definition) is 3. The molecule has 3 nitrogen and oxygen atoms in total. The molecule has 0 amide bonds. The zero-order chi connectivity index (χ0) is 9.03. The van der Waals surface area contributed by atoms with Crippen LogP contribution < -0.4 is 5.32 Å². The van der Waals surface area contributed by atoms with E-state index in [0.717, 1.165) is 19.3 Å². The first-order valence-electron chi connectivity index (χ1n) is 4.48. The van der Waals surface area contributed by atoms with Crippen molar-refractivity contribution in [2.75, 3.05) is 13.7 Å². The first-order chi connectivity index (χ1) is 5.76. The number of nitrogens with one attached hydrogen (secondary N) is 1. The van der Waals surface area contributed by atoms with E-state index in [2.05, 4.69) is 18.3 Å². The van der Waals surface area contributed by atoms with E-state index >= 15 is 0 Å². The number of hydrogen-bond donors (Lipinski definition) is 1. The van der Waals surface area contributed by atoms with Crippen LogP contribution >= 0.6 is 0 Å². The normalized spacial score (nSPS) is 35.9. The zero-order valence-electron chi connectivity index (χ0n) is 7.76. The van der Waals surface area contributed by atoms with E-state index in [1.165, 1.54) is 0 Å². The van der Waals surface area contributed by atoms with Crippen LogP contribution in [-0.4, -0.2) is 25.3 Å².